The third-order valence-corrected chi connectivity index (χ3v) is 1.60. The van der Waals surface area contributed by atoms with Gasteiger partial charge < -0.3 is 10.1 Å². The minimum atomic E-state index is -0.272. The Kier molecular flexibility index (Phi) is 2.46. The molecule has 1 N–H and O–H groups in total. The number of esters is 1. The van der Waals surface area contributed by atoms with Crippen LogP contribution in [0.4, 0.5) is 0 Å². The van der Waals surface area contributed by atoms with Crippen molar-refractivity contribution in [3.8, 4) is 0 Å². The summed E-state index contributed by atoms with van der Waals surface area (Å²) in [6.07, 6.45) is 0.277. The van der Waals surface area contributed by atoms with Crippen LogP contribution in [0.3, 0.4) is 0 Å². The van der Waals surface area contributed by atoms with E-state index in [4.69, 9.17) is 4.74 Å². The van der Waals surface area contributed by atoms with E-state index in [1.165, 1.54) is 0 Å². The molecule has 0 bridgehead atoms. The maximum atomic E-state index is 11.0. The average Bonchev–Trinajstić information content (AvgIpc) is 2.36. The monoisotopic (exact) mass is 157 g/mol. The maximum Gasteiger partial charge on any atom is 0.311 e. The van der Waals surface area contributed by atoms with Gasteiger partial charge in [-0.3, -0.25) is 9.59 Å². The molecule has 0 unspecified atom stereocenters. The first-order valence-electron chi connectivity index (χ1n) is 3.67. The Hall–Kier alpha value is -1.06. The van der Waals surface area contributed by atoms with Gasteiger partial charge in [0, 0.05) is 13.0 Å². The van der Waals surface area contributed by atoms with E-state index in [1.54, 1.807) is 6.92 Å². The number of hydrogen-bond acceptors (Lipinski definition) is 3. The van der Waals surface area contributed by atoms with E-state index in [0.717, 1.165) is 0 Å². The fourth-order valence-electron chi connectivity index (χ4n) is 1.03. The highest BCUT2D eigenvalue weighted by Crippen LogP contribution is 2.10. The van der Waals surface area contributed by atoms with Crippen molar-refractivity contribution < 1.29 is 14.3 Å². The highest BCUT2D eigenvalue weighted by molar-refractivity contribution is 5.86. The van der Waals surface area contributed by atoms with E-state index in [1.807, 2.05) is 0 Å². The van der Waals surface area contributed by atoms with Gasteiger partial charge in [-0.15, -0.1) is 0 Å². The molecule has 1 rings (SSSR count). The molecule has 1 fully saturated rings. The average molecular weight is 157 g/mol. The molecule has 1 saturated heterocycles. The molecule has 62 valence electrons. The van der Waals surface area contributed by atoms with Gasteiger partial charge in [0.25, 0.3) is 0 Å². The summed E-state index contributed by atoms with van der Waals surface area (Å²) >= 11 is 0. The van der Waals surface area contributed by atoms with Crippen LogP contribution >= 0.6 is 0 Å². The first-order chi connectivity index (χ1) is 5.24. The molecule has 4 heteroatoms. The predicted octanol–water partition coefficient (Wildman–Crippen LogP) is -0.314. The van der Waals surface area contributed by atoms with E-state index >= 15 is 0 Å². The quantitative estimate of drug-likeness (QED) is 0.559. The lowest BCUT2D eigenvalue weighted by Gasteiger charge is -2.04. The van der Waals surface area contributed by atoms with Gasteiger partial charge in [0.05, 0.1) is 12.5 Å². The number of hydrogen-bond donors (Lipinski definition) is 1. The molecular formula is C7H11NO3. The summed E-state index contributed by atoms with van der Waals surface area (Å²) in [6, 6.07) is 0. The summed E-state index contributed by atoms with van der Waals surface area (Å²) in [7, 11) is 0. The van der Waals surface area contributed by atoms with Crippen molar-refractivity contribution in [3.63, 3.8) is 0 Å². The van der Waals surface area contributed by atoms with Crippen LogP contribution in [-0.4, -0.2) is 25.0 Å². The normalized spacial score (nSPS) is 23.0. The topological polar surface area (TPSA) is 55.4 Å². The number of rotatable bonds is 2. The first-order valence-corrected chi connectivity index (χ1v) is 3.67. The summed E-state index contributed by atoms with van der Waals surface area (Å²) in [6.45, 7) is 2.56. The molecule has 0 spiro atoms. The zero-order valence-electron chi connectivity index (χ0n) is 6.42. The molecule has 1 aliphatic heterocycles. The Balaban J connectivity index is 2.37. The number of carbonyl (C=O) groups excluding carboxylic acids is 2. The van der Waals surface area contributed by atoms with E-state index in [2.05, 4.69) is 5.32 Å². The number of ether oxygens (including phenoxy) is 1. The smallest absolute Gasteiger partial charge is 0.311 e. The third kappa shape index (κ3) is 1.93. The van der Waals surface area contributed by atoms with Crippen LogP contribution in [0, 0.1) is 5.92 Å². The number of carbonyl (C=O) groups is 2. The molecule has 1 heterocycles. The molecule has 1 aliphatic rings. The molecule has 0 aliphatic carbocycles. The number of amides is 1. The van der Waals surface area contributed by atoms with Gasteiger partial charge in [0.1, 0.15) is 0 Å². The summed E-state index contributed by atoms with van der Waals surface area (Å²) in [4.78, 5) is 21.6. The molecular weight excluding hydrogens is 146 g/mol. The van der Waals surface area contributed by atoms with Crippen LogP contribution in [0.15, 0.2) is 0 Å². The van der Waals surface area contributed by atoms with E-state index in [0.29, 0.717) is 13.2 Å². The third-order valence-electron chi connectivity index (χ3n) is 1.60. The van der Waals surface area contributed by atoms with Gasteiger partial charge in [-0.2, -0.15) is 0 Å². The fraction of sp³-hybridized carbons (Fsp3) is 0.714. The van der Waals surface area contributed by atoms with Gasteiger partial charge in [-0.1, -0.05) is 0 Å². The molecule has 1 atom stereocenters. The van der Waals surface area contributed by atoms with Crippen molar-refractivity contribution in [1.29, 1.82) is 0 Å². The van der Waals surface area contributed by atoms with Crippen molar-refractivity contribution in [3.05, 3.63) is 0 Å². The molecule has 11 heavy (non-hydrogen) atoms. The van der Waals surface area contributed by atoms with Crippen LogP contribution in [0.25, 0.3) is 0 Å². The SMILES string of the molecule is CCOC(=O)[C@@H]1CNC(=O)C1. The lowest BCUT2D eigenvalue weighted by molar-refractivity contribution is -0.147. The van der Waals surface area contributed by atoms with Crippen LogP contribution in [0.5, 0.6) is 0 Å². The summed E-state index contributed by atoms with van der Waals surface area (Å²) in [5.41, 5.74) is 0. The largest absolute Gasteiger partial charge is 0.466 e. The summed E-state index contributed by atoms with van der Waals surface area (Å²) < 4.78 is 4.74. The van der Waals surface area contributed by atoms with Crippen LogP contribution in [-0.2, 0) is 14.3 Å². The second-order valence-corrected chi connectivity index (χ2v) is 2.46. The van der Waals surface area contributed by atoms with Crippen molar-refractivity contribution in [2.45, 2.75) is 13.3 Å². The van der Waals surface area contributed by atoms with Crippen LogP contribution in [0.2, 0.25) is 0 Å². The molecule has 0 radical (unpaired) electrons. The lowest BCUT2D eigenvalue weighted by Crippen LogP contribution is -2.20. The van der Waals surface area contributed by atoms with Gasteiger partial charge in [0.15, 0.2) is 0 Å². The predicted molar refractivity (Wildman–Crippen MR) is 37.7 cm³/mol. The molecule has 0 aromatic rings. The zero-order valence-corrected chi connectivity index (χ0v) is 6.42. The molecule has 0 aromatic carbocycles. The molecule has 4 nitrogen and oxygen atoms in total. The van der Waals surface area contributed by atoms with Crippen molar-refractivity contribution in [1.82, 2.24) is 5.32 Å². The molecule has 0 aromatic heterocycles. The van der Waals surface area contributed by atoms with Crippen molar-refractivity contribution >= 4 is 11.9 Å². The van der Waals surface area contributed by atoms with Gasteiger partial charge >= 0.3 is 5.97 Å². The minimum Gasteiger partial charge on any atom is -0.466 e. The van der Waals surface area contributed by atoms with Crippen LogP contribution < -0.4 is 5.32 Å². The minimum absolute atomic E-state index is 0.0666. The zero-order chi connectivity index (χ0) is 8.27. The lowest BCUT2D eigenvalue weighted by atomic mass is 10.1. The van der Waals surface area contributed by atoms with Crippen molar-refractivity contribution in [2.24, 2.45) is 5.92 Å². The van der Waals surface area contributed by atoms with E-state index in [9.17, 15) is 9.59 Å². The molecule has 1 amide bonds. The summed E-state index contributed by atoms with van der Waals surface area (Å²) in [5.74, 6) is -0.601. The first kappa shape index (κ1) is 8.04. The second-order valence-electron chi connectivity index (χ2n) is 2.46. The second kappa shape index (κ2) is 3.37. The Labute approximate surface area is 64.9 Å². The van der Waals surface area contributed by atoms with Gasteiger partial charge in [0.2, 0.25) is 5.91 Å². The standard InChI is InChI=1S/C7H11NO3/c1-2-11-7(10)5-3-6(9)8-4-5/h5H,2-4H2,1H3,(H,8,9)/t5-/m0/s1. The van der Waals surface area contributed by atoms with Gasteiger partial charge in [-0.05, 0) is 6.92 Å². The Morgan fingerprint density at radius 1 is 1.82 bits per heavy atom. The Morgan fingerprint density at radius 2 is 2.55 bits per heavy atom. The van der Waals surface area contributed by atoms with E-state index < -0.39 is 0 Å². The summed E-state index contributed by atoms with van der Waals surface area (Å²) in [5, 5.41) is 2.57. The Morgan fingerprint density at radius 3 is 3.00 bits per heavy atom. The van der Waals surface area contributed by atoms with Gasteiger partial charge in [-0.25, -0.2) is 0 Å². The Bertz CT molecular complexity index is 179. The number of nitrogens with one attached hydrogen (secondary N) is 1. The van der Waals surface area contributed by atoms with Crippen LogP contribution in [0.1, 0.15) is 13.3 Å². The fourth-order valence-corrected chi connectivity index (χ4v) is 1.03. The highest BCUT2D eigenvalue weighted by Gasteiger charge is 2.28. The van der Waals surface area contributed by atoms with Crippen molar-refractivity contribution in [2.75, 3.05) is 13.2 Å². The van der Waals surface area contributed by atoms with E-state index in [-0.39, 0.29) is 24.2 Å². The molecule has 0 saturated carbocycles. The highest BCUT2D eigenvalue weighted by atomic mass is 16.5. The maximum absolute atomic E-state index is 11.0.